The molecule has 4 aromatic carbocycles. The van der Waals surface area contributed by atoms with Crippen molar-refractivity contribution in [2.75, 3.05) is 6.54 Å². The fourth-order valence-corrected chi connectivity index (χ4v) is 4.33. The van der Waals surface area contributed by atoms with Gasteiger partial charge in [0.2, 0.25) is 0 Å². The first-order chi connectivity index (χ1) is 16.6. The molecule has 5 heteroatoms. The van der Waals surface area contributed by atoms with Crippen LogP contribution in [0.2, 0.25) is 10.0 Å². The van der Waals surface area contributed by atoms with Gasteiger partial charge in [0.1, 0.15) is 0 Å². The van der Waals surface area contributed by atoms with Crippen LogP contribution in [0.3, 0.4) is 0 Å². The number of amides is 1. The first-order valence-electron chi connectivity index (χ1n) is 11.2. The van der Waals surface area contributed by atoms with Crippen molar-refractivity contribution in [2.45, 2.75) is 19.5 Å². The molecule has 0 aliphatic heterocycles. The molecule has 3 nitrogen and oxygen atoms in total. The third-order valence-electron chi connectivity index (χ3n) is 5.56. The second-order valence-corrected chi connectivity index (χ2v) is 9.02. The number of halogens is 2. The Morgan fingerprint density at radius 1 is 0.647 bits per heavy atom. The molecule has 0 saturated heterocycles. The van der Waals surface area contributed by atoms with Crippen molar-refractivity contribution in [1.29, 1.82) is 0 Å². The van der Waals surface area contributed by atoms with Gasteiger partial charge in [-0.15, -0.1) is 0 Å². The summed E-state index contributed by atoms with van der Waals surface area (Å²) in [6.45, 7) is 1.94. The maximum Gasteiger partial charge on any atom is 0.251 e. The summed E-state index contributed by atoms with van der Waals surface area (Å²) in [5.41, 5.74) is 6.38. The van der Waals surface area contributed by atoms with Crippen LogP contribution in [-0.4, -0.2) is 12.5 Å². The number of carbonyl (C=O) groups excluding carboxylic acids is 1. The summed E-state index contributed by atoms with van der Waals surface area (Å²) < 4.78 is 0. The number of benzene rings is 4. The Balaban J connectivity index is 1.21. The predicted octanol–water partition coefficient (Wildman–Crippen LogP) is 6.92. The quantitative estimate of drug-likeness (QED) is 0.268. The van der Waals surface area contributed by atoms with E-state index in [2.05, 4.69) is 47.0 Å². The molecule has 2 N–H and O–H groups in total. The van der Waals surface area contributed by atoms with Crippen LogP contribution >= 0.6 is 23.2 Å². The van der Waals surface area contributed by atoms with E-state index in [1.807, 2.05) is 54.6 Å². The minimum absolute atomic E-state index is 0.0611. The van der Waals surface area contributed by atoms with Crippen LogP contribution in [0, 0.1) is 0 Å². The van der Waals surface area contributed by atoms with Crippen molar-refractivity contribution in [2.24, 2.45) is 0 Å². The second kappa shape index (κ2) is 11.8. The Morgan fingerprint density at radius 3 is 1.91 bits per heavy atom. The van der Waals surface area contributed by atoms with E-state index in [1.54, 1.807) is 6.07 Å². The Labute approximate surface area is 210 Å². The van der Waals surface area contributed by atoms with Gasteiger partial charge >= 0.3 is 0 Å². The summed E-state index contributed by atoms with van der Waals surface area (Å²) in [6.07, 6.45) is 0.788. The van der Waals surface area contributed by atoms with Crippen LogP contribution < -0.4 is 10.6 Å². The van der Waals surface area contributed by atoms with Crippen LogP contribution in [0.25, 0.3) is 11.1 Å². The topological polar surface area (TPSA) is 41.1 Å². The van der Waals surface area contributed by atoms with Crippen LogP contribution in [0.15, 0.2) is 97.1 Å². The number of carbonyl (C=O) groups is 1. The Kier molecular flexibility index (Phi) is 8.37. The van der Waals surface area contributed by atoms with Crippen molar-refractivity contribution in [3.63, 3.8) is 0 Å². The van der Waals surface area contributed by atoms with Gasteiger partial charge in [-0.25, -0.2) is 0 Å². The standard InChI is InChI=1S/C29H26Cl2N2O/c30-27-16-23(17-28(31)18-27)20-32-19-22-8-12-26(13-9-22)29(34)33-15-14-21-6-10-25(11-7-21)24-4-2-1-3-5-24/h1-13,16-18,32H,14-15,19-20H2,(H,33,34). The average molecular weight is 489 g/mol. The molecule has 172 valence electrons. The fourth-order valence-electron chi connectivity index (χ4n) is 3.76. The van der Waals surface area contributed by atoms with Gasteiger partial charge in [-0.2, -0.15) is 0 Å². The van der Waals surface area contributed by atoms with Gasteiger partial charge in [-0.05, 0) is 64.6 Å². The van der Waals surface area contributed by atoms with E-state index in [-0.39, 0.29) is 5.91 Å². The van der Waals surface area contributed by atoms with Gasteiger partial charge in [0.05, 0.1) is 0 Å². The van der Waals surface area contributed by atoms with E-state index in [9.17, 15) is 4.79 Å². The molecule has 0 atom stereocenters. The Bertz CT molecular complexity index is 1200. The van der Waals surface area contributed by atoms with Crippen molar-refractivity contribution in [3.8, 4) is 11.1 Å². The summed E-state index contributed by atoms with van der Waals surface area (Å²) in [7, 11) is 0. The van der Waals surface area contributed by atoms with Crippen molar-refractivity contribution >= 4 is 29.1 Å². The molecule has 0 saturated carbocycles. The molecule has 0 aliphatic carbocycles. The summed E-state index contributed by atoms with van der Waals surface area (Å²) in [6, 6.07) is 32.0. The second-order valence-electron chi connectivity index (χ2n) is 8.15. The summed E-state index contributed by atoms with van der Waals surface area (Å²) in [5.74, 6) is -0.0611. The van der Waals surface area contributed by atoms with Crippen molar-refractivity contribution < 1.29 is 4.79 Å². The monoisotopic (exact) mass is 488 g/mol. The number of nitrogens with one attached hydrogen (secondary N) is 2. The first-order valence-corrected chi connectivity index (χ1v) is 12.0. The Hall–Kier alpha value is -3.11. The zero-order valence-electron chi connectivity index (χ0n) is 18.7. The number of hydrogen-bond acceptors (Lipinski definition) is 2. The lowest BCUT2D eigenvalue weighted by Crippen LogP contribution is -2.25. The zero-order valence-corrected chi connectivity index (χ0v) is 20.2. The lowest BCUT2D eigenvalue weighted by molar-refractivity contribution is 0.0954. The maximum absolute atomic E-state index is 12.5. The molecule has 1 amide bonds. The van der Waals surface area contributed by atoms with Crippen molar-refractivity contribution in [1.82, 2.24) is 10.6 Å². The third-order valence-corrected chi connectivity index (χ3v) is 5.99. The van der Waals surface area contributed by atoms with Gasteiger partial charge in [0, 0.05) is 35.2 Å². The minimum Gasteiger partial charge on any atom is -0.352 e. The largest absolute Gasteiger partial charge is 0.352 e. The highest BCUT2D eigenvalue weighted by atomic mass is 35.5. The molecular formula is C29H26Cl2N2O. The minimum atomic E-state index is -0.0611. The molecule has 0 radical (unpaired) electrons. The number of hydrogen-bond donors (Lipinski definition) is 2. The summed E-state index contributed by atoms with van der Waals surface area (Å²) >= 11 is 12.1. The molecule has 0 heterocycles. The highest BCUT2D eigenvalue weighted by Crippen LogP contribution is 2.20. The van der Waals surface area contributed by atoms with Gasteiger partial charge in [-0.1, -0.05) is 89.9 Å². The lowest BCUT2D eigenvalue weighted by atomic mass is 10.0. The SMILES string of the molecule is O=C(NCCc1ccc(-c2ccccc2)cc1)c1ccc(CNCc2cc(Cl)cc(Cl)c2)cc1. The highest BCUT2D eigenvalue weighted by Gasteiger charge is 2.06. The summed E-state index contributed by atoms with van der Waals surface area (Å²) in [4.78, 5) is 12.5. The normalized spacial score (nSPS) is 10.8. The molecule has 0 spiro atoms. The van der Waals surface area contributed by atoms with E-state index in [0.29, 0.717) is 35.2 Å². The smallest absolute Gasteiger partial charge is 0.251 e. The maximum atomic E-state index is 12.5. The van der Waals surface area contributed by atoms with Crippen LogP contribution in [0.4, 0.5) is 0 Å². The molecule has 4 aromatic rings. The highest BCUT2D eigenvalue weighted by molar-refractivity contribution is 6.34. The van der Waals surface area contributed by atoms with Gasteiger partial charge in [0.15, 0.2) is 0 Å². The van der Waals surface area contributed by atoms with Crippen molar-refractivity contribution in [3.05, 3.63) is 129 Å². The van der Waals surface area contributed by atoms with E-state index in [1.165, 1.54) is 16.7 Å². The Morgan fingerprint density at radius 2 is 1.24 bits per heavy atom. The lowest BCUT2D eigenvalue weighted by Gasteiger charge is -2.09. The van der Waals surface area contributed by atoms with Gasteiger partial charge in [0.25, 0.3) is 5.91 Å². The third kappa shape index (κ3) is 6.94. The van der Waals surface area contributed by atoms with Gasteiger partial charge in [-0.3, -0.25) is 4.79 Å². The fraction of sp³-hybridized carbons (Fsp3) is 0.138. The zero-order chi connectivity index (χ0) is 23.8. The molecule has 0 fully saturated rings. The molecule has 0 unspecified atom stereocenters. The molecule has 0 aliphatic rings. The van der Waals surface area contributed by atoms with Gasteiger partial charge < -0.3 is 10.6 Å². The van der Waals surface area contributed by atoms with E-state index < -0.39 is 0 Å². The molecule has 34 heavy (non-hydrogen) atoms. The van der Waals surface area contributed by atoms with Crippen LogP contribution in [0.1, 0.15) is 27.0 Å². The molecule has 4 rings (SSSR count). The van der Waals surface area contributed by atoms with Crippen LogP contribution in [0.5, 0.6) is 0 Å². The summed E-state index contributed by atoms with van der Waals surface area (Å²) in [5, 5.41) is 7.64. The average Bonchev–Trinajstić information content (AvgIpc) is 2.85. The first kappa shape index (κ1) is 24.0. The number of rotatable bonds is 9. The van der Waals surface area contributed by atoms with E-state index >= 15 is 0 Å². The van der Waals surface area contributed by atoms with Crippen LogP contribution in [-0.2, 0) is 19.5 Å². The molecule has 0 bridgehead atoms. The van der Waals surface area contributed by atoms with E-state index in [4.69, 9.17) is 23.2 Å². The molecule has 0 aromatic heterocycles. The van der Waals surface area contributed by atoms with E-state index in [0.717, 1.165) is 17.5 Å². The predicted molar refractivity (Wildman–Crippen MR) is 141 cm³/mol. The molecular weight excluding hydrogens is 463 g/mol.